The number of thiol groups is 1. The summed E-state index contributed by atoms with van der Waals surface area (Å²) in [4.78, 5) is 7.75. The molecule has 2 heterocycles. The van der Waals surface area contributed by atoms with Gasteiger partial charge >= 0.3 is 0 Å². The minimum atomic E-state index is -0.242. The molecule has 8 heteroatoms. The van der Waals surface area contributed by atoms with E-state index >= 15 is 0 Å². The molecule has 3 rings (SSSR count). The molecule has 28 heavy (non-hydrogen) atoms. The molecule has 0 saturated heterocycles. The Morgan fingerprint density at radius 3 is 2.96 bits per heavy atom. The van der Waals surface area contributed by atoms with Gasteiger partial charge in [0.25, 0.3) is 0 Å². The summed E-state index contributed by atoms with van der Waals surface area (Å²) in [6.07, 6.45) is 4.24. The molecule has 1 aliphatic heterocycles. The number of hydrogen-bond acceptors (Lipinski definition) is 6. The van der Waals surface area contributed by atoms with E-state index < -0.39 is 0 Å². The molecule has 1 atom stereocenters. The lowest BCUT2D eigenvalue weighted by Crippen LogP contribution is -2.50. The van der Waals surface area contributed by atoms with Crippen molar-refractivity contribution in [2.45, 2.75) is 12.7 Å². The predicted molar refractivity (Wildman–Crippen MR) is 118 cm³/mol. The van der Waals surface area contributed by atoms with Crippen LogP contribution in [0.25, 0.3) is 0 Å². The molecule has 0 saturated carbocycles. The number of aromatic nitrogens is 1. The largest absolute Gasteiger partial charge is 0.495 e. The molecule has 7 nitrogen and oxygen atoms in total. The Labute approximate surface area is 171 Å². The molecule has 1 aromatic carbocycles. The second-order valence-electron chi connectivity index (χ2n) is 6.23. The first-order valence-electron chi connectivity index (χ1n) is 9.23. The number of H-pyrrole nitrogens is 1. The molecule has 0 spiro atoms. The van der Waals surface area contributed by atoms with Gasteiger partial charge in [-0.3, -0.25) is 4.99 Å². The second kappa shape index (κ2) is 10.1. The van der Waals surface area contributed by atoms with Gasteiger partial charge in [0.2, 0.25) is 0 Å². The number of rotatable bonds is 10. The Morgan fingerprint density at radius 1 is 1.29 bits per heavy atom. The molecule has 1 aliphatic rings. The van der Waals surface area contributed by atoms with Gasteiger partial charge < -0.3 is 30.4 Å². The lowest BCUT2D eigenvalue weighted by molar-refractivity contribution is 0.153. The van der Waals surface area contributed by atoms with E-state index in [0.717, 1.165) is 46.4 Å². The van der Waals surface area contributed by atoms with E-state index in [0.29, 0.717) is 19.8 Å². The maximum Gasteiger partial charge on any atom is 0.176 e. The molecular formula is C20H27N5O2S. The molecule has 0 aliphatic carbocycles. The molecule has 0 bridgehead atoms. The van der Waals surface area contributed by atoms with Crippen LogP contribution in [0.2, 0.25) is 0 Å². The summed E-state index contributed by atoms with van der Waals surface area (Å²) in [6.45, 7) is 5.61. The van der Waals surface area contributed by atoms with Crippen LogP contribution in [-0.2, 0) is 11.2 Å². The third kappa shape index (κ3) is 5.02. The second-order valence-corrected chi connectivity index (χ2v) is 6.68. The number of aromatic amines is 1. The highest BCUT2D eigenvalue weighted by atomic mass is 32.1. The SMILES string of the molecule is C=CCN=C1NC(Nc2ccc(CCOCCS)cc2OC)Nc2[nH]ccc21. The number of benzene rings is 1. The fourth-order valence-corrected chi connectivity index (χ4v) is 3.09. The van der Waals surface area contributed by atoms with Crippen molar-refractivity contribution in [1.29, 1.82) is 0 Å². The molecule has 4 N–H and O–H groups in total. The van der Waals surface area contributed by atoms with Crippen molar-refractivity contribution in [2.24, 2.45) is 4.99 Å². The average Bonchev–Trinajstić information content (AvgIpc) is 3.19. The molecule has 1 unspecified atom stereocenters. The van der Waals surface area contributed by atoms with Crippen LogP contribution in [-0.4, -0.2) is 49.7 Å². The van der Waals surface area contributed by atoms with Crippen LogP contribution in [0.4, 0.5) is 11.5 Å². The number of nitrogens with zero attached hydrogens (tertiary/aromatic N) is 1. The standard InChI is InChI=1S/C20H27N5O2S/c1-3-8-21-18-15-6-9-22-19(15)25-20(24-18)23-16-5-4-14(13-17(16)26-2)7-10-27-11-12-28/h3-6,9,13,20,22-23,25,28H,1,7-8,10-12H2,2H3,(H,21,24). The summed E-state index contributed by atoms with van der Waals surface area (Å²) in [5.74, 6) is 3.23. The molecule has 2 aromatic rings. The number of aliphatic imine (C=N–C) groups is 1. The van der Waals surface area contributed by atoms with E-state index in [1.54, 1.807) is 13.2 Å². The maximum atomic E-state index is 5.58. The number of anilines is 2. The first kappa shape index (κ1) is 20.2. The summed E-state index contributed by atoms with van der Waals surface area (Å²) in [6, 6.07) is 8.10. The van der Waals surface area contributed by atoms with Gasteiger partial charge in [0.05, 0.1) is 38.1 Å². The first-order valence-corrected chi connectivity index (χ1v) is 9.86. The van der Waals surface area contributed by atoms with E-state index in [1.807, 2.05) is 24.4 Å². The van der Waals surface area contributed by atoms with Gasteiger partial charge in [-0.05, 0) is 30.2 Å². The monoisotopic (exact) mass is 401 g/mol. The normalized spacial score (nSPS) is 16.8. The van der Waals surface area contributed by atoms with Crippen LogP contribution in [0.5, 0.6) is 5.75 Å². The van der Waals surface area contributed by atoms with Crippen molar-refractivity contribution in [3.05, 3.63) is 54.2 Å². The Hall–Kier alpha value is -2.58. The highest BCUT2D eigenvalue weighted by molar-refractivity contribution is 7.80. The summed E-state index contributed by atoms with van der Waals surface area (Å²) in [7, 11) is 1.67. The Balaban J connectivity index is 1.70. The van der Waals surface area contributed by atoms with Crippen molar-refractivity contribution >= 4 is 30.0 Å². The topological polar surface area (TPSA) is 82.7 Å². The number of methoxy groups -OCH3 is 1. The first-order chi connectivity index (χ1) is 13.7. The van der Waals surface area contributed by atoms with Gasteiger partial charge in [-0.15, -0.1) is 6.58 Å². The van der Waals surface area contributed by atoms with E-state index in [4.69, 9.17) is 9.47 Å². The molecular weight excluding hydrogens is 374 g/mol. The van der Waals surface area contributed by atoms with Crippen molar-refractivity contribution in [3.63, 3.8) is 0 Å². The number of hydrogen-bond donors (Lipinski definition) is 5. The minimum absolute atomic E-state index is 0.242. The highest BCUT2D eigenvalue weighted by Crippen LogP contribution is 2.27. The summed E-state index contributed by atoms with van der Waals surface area (Å²) >= 11 is 4.15. The molecule has 150 valence electrons. The summed E-state index contributed by atoms with van der Waals surface area (Å²) < 4.78 is 11.1. The third-order valence-electron chi connectivity index (χ3n) is 4.29. The van der Waals surface area contributed by atoms with Crippen molar-refractivity contribution in [2.75, 3.05) is 43.3 Å². The number of fused-ring (bicyclic) bond motifs is 1. The molecule has 0 radical (unpaired) electrons. The highest BCUT2D eigenvalue weighted by Gasteiger charge is 2.23. The van der Waals surface area contributed by atoms with Crippen molar-refractivity contribution < 1.29 is 9.47 Å². The molecule has 0 amide bonds. The van der Waals surface area contributed by atoms with Gasteiger partial charge in [-0.1, -0.05) is 12.1 Å². The fourth-order valence-electron chi connectivity index (χ4n) is 2.96. The van der Waals surface area contributed by atoms with Crippen molar-refractivity contribution in [1.82, 2.24) is 10.3 Å². The van der Waals surface area contributed by atoms with E-state index in [1.165, 1.54) is 0 Å². The van der Waals surface area contributed by atoms with E-state index in [9.17, 15) is 0 Å². The predicted octanol–water partition coefficient (Wildman–Crippen LogP) is 2.86. The van der Waals surface area contributed by atoms with E-state index in [2.05, 4.69) is 51.2 Å². The Kier molecular flexibility index (Phi) is 7.27. The zero-order valence-corrected chi connectivity index (χ0v) is 16.9. The smallest absolute Gasteiger partial charge is 0.176 e. The zero-order valence-electron chi connectivity index (χ0n) is 16.0. The molecule has 1 aromatic heterocycles. The average molecular weight is 402 g/mol. The summed E-state index contributed by atoms with van der Waals surface area (Å²) in [5.41, 5.74) is 3.04. The van der Waals surface area contributed by atoms with E-state index in [-0.39, 0.29) is 6.29 Å². The van der Waals surface area contributed by atoms with Crippen LogP contribution in [0, 0.1) is 0 Å². The van der Waals surface area contributed by atoms with Crippen LogP contribution < -0.4 is 20.7 Å². The minimum Gasteiger partial charge on any atom is -0.495 e. The lowest BCUT2D eigenvalue weighted by Gasteiger charge is -2.30. The van der Waals surface area contributed by atoms with Crippen molar-refractivity contribution in [3.8, 4) is 5.75 Å². The Bertz CT molecular complexity index is 821. The Morgan fingerprint density at radius 2 is 2.18 bits per heavy atom. The van der Waals surface area contributed by atoms with Crippen LogP contribution in [0.15, 0.2) is 48.1 Å². The fraction of sp³-hybridized carbons (Fsp3) is 0.350. The third-order valence-corrected chi connectivity index (χ3v) is 4.47. The van der Waals surface area contributed by atoms with Crippen LogP contribution >= 0.6 is 12.6 Å². The summed E-state index contributed by atoms with van der Waals surface area (Å²) in [5, 5.41) is 10.2. The number of ether oxygens (including phenoxy) is 2. The lowest BCUT2D eigenvalue weighted by atomic mass is 10.1. The molecule has 0 fully saturated rings. The number of amidine groups is 1. The zero-order chi connectivity index (χ0) is 19.8. The van der Waals surface area contributed by atoms with Gasteiger partial charge in [-0.25, -0.2) is 0 Å². The van der Waals surface area contributed by atoms with Gasteiger partial charge in [-0.2, -0.15) is 12.6 Å². The maximum absolute atomic E-state index is 5.58. The van der Waals surface area contributed by atoms with Crippen LogP contribution in [0.1, 0.15) is 11.1 Å². The quantitative estimate of drug-likeness (QED) is 0.240. The van der Waals surface area contributed by atoms with Gasteiger partial charge in [0.1, 0.15) is 17.4 Å². The van der Waals surface area contributed by atoms with Crippen LogP contribution in [0.3, 0.4) is 0 Å². The van der Waals surface area contributed by atoms with Gasteiger partial charge in [0.15, 0.2) is 6.29 Å². The number of nitrogens with one attached hydrogen (secondary N) is 4. The van der Waals surface area contributed by atoms with Gasteiger partial charge in [0, 0.05) is 11.9 Å².